The largest absolute Gasteiger partial charge is 0.443 e. The monoisotopic (exact) mass is 413 g/mol. The number of hydrogen-bond donors (Lipinski definition) is 0. The van der Waals surface area contributed by atoms with E-state index in [1.54, 1.807) is 12.4 Å². The van der Waals surface area contributed by atoms with E-state index in [2.05, 4.69) is 44.0 Å². The molecule has 0 aliphatic rings. The lowest BCUT2D eigenvalue weighted by Crippen LogP contribution is -2.24. The molecule has 1 heterocycles. The number of benzene rings is 1. The Morgan fingerprint density at radius 1 is 1.27 bits per heavy atom. The second-order valence-corrected chi connectivity index (χ2v) is 9.08. The van der Waals surface area contributed by atoms with Gasteiger partial charge in [-0.05, 0) is 32.4 Å². The zero-order chi connectivity index (χ0) is 19.6. The smallest absolute Gasteiger partial charge is 0.219 e. The molecular formula is C19H25Cl2N3OS. The number of halogens is 2. The number of hydrogen-bond acceptors (Lipinski definition) is 4. The first-order chi connectivity index (χ1) is 12.0. The summed E-state index contributed by atoms with van der Waals surface area (Å²) >= 11 is 14.1. The Bertz CT molecular complexity index is 810. The summed E-state index contributed by atoms with van der Waals surface area (Å²) in [5.74, 6) is 0.650. The van der Waals surface area contributed by atoms with Crippen molar-refractivity contribution in [1.82, 2.24) is 9.27 Å². The quantitative estimate of drug-likeness (QED) is 0.397. The molecule has 0 atom stereocenters. The first kappa shape index (κ1) is 21.0. The molecule has 4 nitrogen and oxygen atoms in total. The normalized spacial score (nSPS) is 12.2. The molecule has 2 aromatic rings. The minimum Gasteiger partial charge on any atom is -0.443 e. The van der Waals surface area contributed by atoms with E-state index in [0.717, 1.165) is 11.3 Å². The summed E-state index contributed by atoms with van der Waals surface area (Å²) in [5.41, 5.74) is 2.33. The maximum atomic E-state index is 6.46. The van der Waals surface area contributed by atoms with Gasteiger partial charge in [-0.3, -0.25) is 0 Å². The van der Waals surface area contributed by atoms with Crippen molar-refractivity contribution in [2.75, 3.05) is 7.05 Å². The fourth-order valence-electron chi connectivity index (χ4n) is 2.04. The summed E-state index contributed by atoms with van der Waals surface area (Å²) in [6.07, 6.45) is 1.78. The van der Waals surface area contributed by atoms with Crippen LogP contribution in [0.3, 0.4) is 0 Å². The van der Waals surface area contributed by atoms with Gasteiger partial charge in [-0.25, -0.2) is 4.99 Å². The highest BCUT2D eigenvalue weighted by Gasteiger charge is 2.25. The van der Waals surface area contributed by atoms with Gasteiger partial charge in [-0.2, -0.15) is 4.37 Å². The highest BCUT2D eigenvalue weighted by molar-refractivity contribution is 7.08. The van der Waals surface area contributed by atoms with Crippen molar-refractivity contribution in [1.29, 1.82) is 0 Å². The topological polar surface area (TPSA) is 37.7 Å². The molecule has 142 valence electrons. The second-order valence-electron chi connectivity index (χ2n) is 7.56. The van der Waals surface area contributed by atoms with E-state index in [0.29, 0.717) is 32.6 Å². The number of ether oxygens (including phenoxy) is 1. The SMILES string of the molecule is Cc1cc(/N=C\N(C)C(C)C)c(Cl)cc1Oc1snc(C(C)(C)C)c1Cl. The number of nitrogens with zero attached hydrogens (tertiary/aromatic N) is 3. The van der Waals surface area contributed by atoms with Crippen molar-refractivity contribution >= 4 is 46.8 Å². The molecule has 0 radical (unpaired) electrons. The zero-order valence-electron chi connectivity index (χ0n) is 16.2. The van der Waals surface area contributed by atoms with Crippen LogP contribution in [0.25, 0.3) is 0 Å². The van der Waals surface area contributed by atoms with Gasteiger partial charge in [0.1, 0.15) is 10.8 Å². The molecule has 1 aromatic carbocycles. The summed E-state index contributed by atoms with van der Waals surface area (Å²) in [7, 11) is 1.98. The molecule has 0 aliphatic heterocycles. The Morgan fingerprint density at radius 2 is 1.92 bits per heavy atom. The van der Waals surface area contributed by atoms with Gasteiger partial charge in [0.2, 0.25) is 5.06 Å². The fourth-order valence-corrected chi connectivity index (χ4v) is 3.60. The van der Waals surface area contributed by atoms with Crippen LogP contribution in [0, 0.1) is 6.92 Å². The van der Waals surface area contributed by atoms with Crippen LogP contribution in [0.4, 0.5) is 5.69 Å². The maximum Gasteiger partial charge on any atom is 0.219 e. The molecule has 0 amide bonds. The molecule has 0 bridgehead atoms. The zero-order valence-corrected chi connectivity index (χ0v) is 18.6. The summed E-state index contributed by atoms with van der Waals surface area (Å²) < 4.78 is 10.4. The molecule has 0 aliphatic carbocycles. The third kappa shape index (κ3) is 4.90. The predicted octanol–water partition coefficient (Wildman–Crippen LogP) is 6.85. The van der Waals surface area contributed by atoms with Crippen LogP contribution in [0.1, 0.15) is 45.9 Å². The van der Waals surface area contributed by atoms with E-state index in [9.17, 15) is 0 Å². The standard InChI is InChI=1S/C19H25Cl2N3OS/c1-11(2)24(7)10-22-14-8-12(3)15(9-13(14)20)25-18-16(21)17(23-26-18)19(4,5)6/h8-11H,1-7H3/b22-10-. The van der Waals surface area contributed by atoms with E-state index >= 15 is 0 Å². The molecule has 1 aromatic heterocycles. The van der Waals surface area contributed by atoms with E-state index in [1.807, 2.05) is 24.9 Å². The van der Waals surface area contributed by atoms with Gasteiger partial charge in [0.15, 0.2) is 0 Å². The lowest BCUT2D eigenvalue weighted by atomic mass is 9.92. The molecule has 0 N–H and O–H groups in total. The lowest BCUT2D eigenvalue weighted by Gasteiger charge is -2.17. The predicted molar refractivity (Wildman–Crippen MR) is 113 cm³/mol. The fraction of sp³-hybridized carbons (Fsp3) is 0.474. The number of rotatable bonds is 5. The van der Waals surface area contributed by atoms with Gasteiger partial charge >= 0.3 is 0 Å². The van der Waals surface area contributed by atoms with Crippen molar-refractivity contribution in [3.8, 4) is 10.8 Å². The molecule has 2 rings (SSSR count). The maximum absolute atomic E-state index is 6.46. The Morgan fingerprint density at radius 3 is 2.46 bits per heavy atom. The van der Waals surface area contributed by atoms with E-state index in [4.69, 9.17) is 27.9 Å². The minimum absolute atomic E-state index is 0.136. The highest BCUT2D eigenvalue weighted by Crippen LogP contribution is 2.42. The Hall–Kier alpha value is -1.30. The number of aliphatic imine (C=N–C) groups is 1. The lowest BCUT2D eigenvalue weighted by molar-refractivity contribution is 0.429. The molecule has 0 saturated carbocycles. The molecule has 26 heavy (non-hydrogen) atoms. The number of aryl methyl sites for hydroxylation is 1. The van der Waals surface area contributed by atoms with Gasteiger partial charge < -0.3 is 9.64 Å². The van der Waals surface area contributed by atoms with Crippen LogP contribution in [-0.4, -0.2) is 28.7 Å². The van der Waals surface area contributed by atoms with Crippen molar-refractivity contribution in [2.24, 2.45) is 4.99 Å². The third-order valence-corrected chi connectivity index (χ3v) is 5.45. The van der Waals surface area contributed by atoms with Crippen molar-refractivity contribution < 1.29 is 4.74 Å². The Balaban J connectivity index is 2.28. The van der Waals surface area contributed by atoms with E-state index in [1.165, 1.54) is 11.5 Å². The van der Waals surface area contributed by atoms with Gasteiger partial charge in [0.05, 0.1) is 22.7 Å². The molecule has 0 unspecified atom stereocenters. The van der Waals surface area contributed by atoms with Crippen LogP contribution >= 0.6 is 34.7 Å². The average molecular weight is 414 g/mol. The summed E-state index contributed by atoms with van der Waals surface area (Å²) in [4.78, 5) is 6.48. The third-order valence-electron chi connectivity index (χ3n) is 3.96. The summed E-state index contributed by atoms with van der Waals surface area (Å²) in [6.45, 7) is 12.4. The summed E-state index contributed by atoms with van der Waals surface area (Å²) in [5, 5.41) is 1.65. The molecule has 0 spiro atoms. The second kappa shape index (κ2) is 8.15. The molecule has 0 saturated heterocycles. The first-order valence-corrected chi connectivity index (χ1v) is 9.93. The molecular weight excluding hydrogens is 389 g/mol. The van der Waals surface area contributed by atoms with Gasteiger partial charge in [-0.1, -0.05) is 44.0 Å². The highest BCUT2D eigenvalue weighted by atomic mass is 35.5. The Labute approximate surface area is 170 Å². The van der Waals surface area contributed by atoms with Crippen molar-refractivity contribution in [2.45, 2.75) is 53.0 Å². The summed E-state index contributed by atoms with van der Waals surface area (Å²) in [6, 6.07) is 4.04. The average Bonchev–Trinajstić information content (AvgIpc) is 2.89. The van der Waals surface area contributed by atoms with Crippen LogP contribution in [0.5, 0.6) is 10.8 Å². The van der Waals surface area contributed by atoms with Gasteiger partial charge in [0.25, 0.3) is 0 Å². The van der Waals surface area contributed by atoms with Crippen molar-refractivity contribution in [3.05, 3.63) is 33.4 Å². The van der Waals surface area contributed by atoms with Crippen LogP contribution in [0.15, 0.2) is 17.1 Å². The van der Waals surface area contributed by atoms with Crippen molar-refractivity contribution in [3.63, 3.8) is 0 Å². The van der Waals surface area contributed by atoms with Gasteiger partial charge in [0, 0.05) is 36.1 Å². The van der Waals surface area contributed by atoms with E-state index < -0.39 is 0 Å². The Kier molecular flexibility index (Phi) is 6.59. The number of aromatic nitrogens is 1. The first-order valence-electron chi connectivity index (χ1n) is 8.40. The van der Waals surface area contributed by atoms with Crippen LogP contribution in [-0.2, 0) is 5.41 Å². The minimum atomic E-state index is -0.136. The molecule has 0 fully saturated rings. The van der Waals surface area contributed by atoms with Gasteiger partial charge in [-0.15, -0.1) is 0 Å². The molecule has 7 heteroatoms. The van der Waals surface area contributed by atoms with E-state index in [-0.39, 0.29) is 5.41 Å². The van der Waals surface area contributed by atoms with Crippen LogP contribution in [0.2, 0.25) is 10.0 Å². The van der Waals surface area contributed by atoms with Crippen LogP contribution < -0.4 is 4.74 Å².